The van der Waals surface area contributed by atoms with Crippen molar-refractivity contribution in [2.75, 3.05) is 13.1 Å². The van der Waals surface area contributed by atoms with Crippen LogP contribution in [0.4, 0.5) is 4.39 Å². The normalized spacial score (nSPS) is 17.1. The minimum absolute atomic E-state index is 0.00239. The van der Waals surface area contributed by atoms with E-state index in [1.165, 1.54) is 11.1 Å². The van der Waals surface area contributed by atoms with E-state index >= 15 is 0 Å². The summed E-state index contributed by atoms with van der Waals surface area (Å²) in [5, 5.41) is 2.32. The first-order valence-corrected chi connectivity index (χ1v) is 8.33. The molecule has 1 aliphatic heterocycles. The Kier molecular flexibility index (Phi) is 5.39. The Hall–Kier alpha value is -0.930. The SMILES string of the molecule is CCCC(c1cc(C(C)C)c(F)c(C)c1CC)N1CCN1. The molecule has 1 saturated heterocycles. The fourth-order valence-corrected chi connectivity index (χ4v) is 3.33. The van der Waals surface area contributed by atoms with Gasteiger partial charge in [-0.3, -0.25) is 5.43 Å². The number of benzene rings is 1. The van der Waals surface area contributed by atoms with Gasteiger partial charge >= 0.3 is 0 Å². The smallest absolute Gasteiger partial charge is 0.129 e. The van der Waals surface area contributed by atoms with Crippen LogP contribution in [-0.2, 0) is 6.42 Å². The molecule has 1 aromatic rings. The van der Waals surface area contributed by atoms with Crippen LogP contribution in [0.1, 0.15) is 74.8 Å². The van der Waals surface area contributed by atoms with Crippen molar-refractivity contribution in [1.29, 1.82) is 0 Å². The van der Waals surface area contributed by atoms with Gasteiger partial charge in [-0.05, 0) is 47.9 Å². The molecule has 0 radical (unpaired) electrons. The summed E-state index contributed by atoms with van der Waals surface area (Å²) in [6, 6.07) is 2.50. The lowest BCUT2D eigenvalue weighted by Gasteiger charge is -2.40. The molecule has 1 unspecified atom stereocenters. The lowest BCUT2D eigenvalue weighted by molar-refractivity contribution is 0.0414. The van der Waals surface area contributed by atoms with Gasteiger partial charge in [-0.1, -0.05) is 40.2 Å². The summed E-state index contributed by atoms with van der Waals surface area (Å²) in [4.78, 5) is 0. The number of hydrogen-bond acceptors (Lipinski definition) is 2. The number of hydrogen-bond donors (Lipinski definition) is 1. The van der Waals surface area contributed by atoms with Gasteiger partial charge in [0.2, 0.25) is 0 Å². The summed E-state index contributed by atoms with van der Waals surface area (Å²) in [6.45, 7) is 12.6. The average molecular weight is 292 g/mol. The van der Waals surface area contributed by atoms with Crippen LogP contribution in [-0.4, -0.2) is 18.1 Å². The number of hydrazine groups is 1. The zero-order valence-corrected chi connectivity index (χ0v) is 14.1. The van der Waals surface area contributed by atoms with Crippen molar-refractivity contribution in [2.24, 2.45) is 0 Å². The predicted octanol–water partition coefficient (Wildman–Crippen LogP) is 4.48. The van der Waals surface area contributed by atoms with Crippen LogP contribution in [0.5, 0.6) is 0 Å². The monoisotopic (exact) mass is 292 g/mol. The van der Waals surface area contributed by atoms with E-state index in [4.69, 9.17) is 0 Å². The van der Waals surface area contributed by atoms with Gasteiger partial charge in [0.1, 0.15) is 5.82 Å². The van der Waals surface area contributed by atoms with E-state index in [1.807, 2.05) is 6.92 Å². The highest BCUT2D eigenvalue weighted by atomic mass is 19.1. The molecule has 1 aliphatic rings. The summed E-state index contributed by atoms with van der Waals surface area (Å²) < 4.78 is 14.6. The van der Waals surface area contributed by atoms with Gasteiger partial charge in [0, 0.05) is 19.1 Å². The van der Waals surface area contributed by atoms with E-state index in [0.29, 0.717) is 6.04 Å². The second-order valence-corrected chi connectivity index (χ2v) is 6.39. The molecule has 1 fully saturated rings. The van der Waals surface area contributed by atoms with Crippen molar-refractivity contribution in [2.45, 2.75) is 65.8 Å². The van der Waals surface area contributed by atoms with E-state index in [9.17, 15) is 4.39 Å². The van der Waals surface area contributed by atoms with Gasteiger partial charge in [-0.25, -0.2) is 9.40 Å². The maximum absolute atomic E-state index is 14.6. The van der Waals surface area contributed by atoms with Crippen LogP contribution in [0.15, 0.2) is 6.07 Å². The Morgan fingerprint density at radius 2 is 1.95 bits per heavy atom. The lowest BCUT2D eigenvalue weighted by Crippen LogP contribution is -2.55. The van der Waals surface area contributed by atoms with E-state index in [2.05, 4.69) is 44.2 Å². The topological polar surface area (TPSA) is 15.3 Å². The minimum atomic E-state index is -0.00239. The molecule has 0 amide bonds. The first kappa shape index (κ1) is 16.4. The largest absolute Gasteiger partial charge is 0.253 e. The molecule has 0 saturated carbocycles. The zero-order chi connectivity index (χ0) is 15.6. The van der Waals surface area contributed by atoms with Gasteiger partial charge in [-0.2, -0.15) is 0 Å². The fraction of sp³-hybridized carbons (Fsp3) is 0.667. The van der Waals surface area contributed by atoms with Crippen molar-refractivity contribution < 1.29 is 4.39 Å². The number of nitrogens with zero attached hydrogens (tertiary/aromatic N) is 1. The van der Waals surface area contributed by atoms with Gasteiger partial charge < -0.3 is 0 Å². The molecule has 2 rings (SSSR count). The second-order valence-electron chi connectivity index (χ2n) is 6.39. The zero-order valence-electron chi connectivity index (χ0n) is 14.1. The molecular weight excluding hydrogens is 263 g/mol. The molecule has 3 heteroatoms. The van der Waals surface area contributed by atoms with Crippen LogP contribution in [0, 0.1) is 12.7 Å². The summed E-state index contributed by atoms with van der Waals surface area (Å²) in [7, 11) is 0. The van der Waals surface area contributed by atoms with E-state index in [-0.39, 0.29) is 11.7 Å². The first-order valence-electron chi connectivity index (χ1n) is 8.33. The molecule has 1 N–H and O–H groups in total. The highest BCUT2D eigenvalue weighted by Gasteiger charge is 2.28. The van der Waals surface area contributed by atoms with Gasteiger partial charge in [0.25, 0.3) is 0 Å². The van der Waals surface area contributed by atoms with E-state index in [1.54, 1.807) is 0 Å². The third-order valence-corrected chi connectivity index (χ3v) is 4.64. The quantitative estimate of drug-likeness (QED) is 0.831. The maximum atomic E-state index is 14.6. The summed E-state index contributed by atoms with van der Waals surface area (Å²) in [6.07, 6.45) is 3.15. The maximum Gasteiger partial charge on any atom is 0.129 e. The van der Waals surface area contributed by atoms with Crippen LogP contribution in [0.25, 0.3) is 0 Å². The Labute approximate surface area is 128 Å². The molecule has 1 heterocycles. The molecular formula is C18H29FN2. The molecule has 21 heavy (non-hydrogen) atoms. The first-order chi connectivity index (χ1) is 10.0. The third-order valence-electron chi connectivity index (χ3n) is 4.64. The molecule has 0 aliphatic carbocycles. The second kappa shape index (κ2) is 6.89. The van der Waals surface area contributed by atoms with Crippen LogP contribution in [0.3, 0.4) is 0 Å². The summed E-state index contributed by atoms with van der Waals surface area (Å²) in [5.74, 6) is 0.220. The third kappa shape index (κ3) is 3.14. The van der Waals surface area contributed by atoms with Crippen LogP contribution in [0.2, 0.25) is 0 Å². The standard InChI is InChI=1S/C18H29FN2/c1-6-8-17(21-10-9-20-21)16-11-15(12(3)4)18(19)13(5)14(16)7-2/h11-12,17,20H,6-10H2,1-5H3. The van der Waals surface area contributed by atoms with E-state index < -0.39 is 0 Å². The lowest BCUT2D eigenvalue weighted by atomic mass is 9.86. The van der Waals surface area contributed by atoms with Crippen molar-refractivity contribution >= 4 is 0 Å². The number of halogens is 1. The Morgan fingerprint density at radius 3 is 2.38 bits per heavy atom. The Morgan fingerprint density at radius 1 is 1.29 bits per heavy atom. The van der Waals surface area contributed by atoms with E-state index in [0.717, 1.165) is 43.5 Å². The molecule has 0 bridgehead atoms. The van der Waals surface area contributed by atoms with Crippen molar-refractivity contribution in [3.63, 3.8) is 0 Å². The van der Waals surface area contributed by atoms with Crippen LogP contribution >= 0.6 is 0 Å². The van der Waals surface area contributed by atoms with Crippen molar-refractivity contribution in [3.05, 3.63) is 34.1 Å². The predicted molar refractivity (Wildman–Crippen MR) is 87.0 cm³/mol. The molecule has 1 atom stereocenters. The average Bonchev–Trinajstić information content (AvgIpc) is 2.38. The Bertz CT molecular complexity index is 492. The number of nitrogens with one attached hydrogen (secondary N) is 1. The summed E-state index contributed by atoms with van der Waals surface area (Å²) >= 11 is 0. The van der Waals surface area contributed by atoms with Crippen molar-refractivity contribution in [3.8, 4) is 0 Å². The number of rotatable bonds is 6. The molecule has 0 aromatic heterocycles. The minimum Gasteiger partial charge on any atom is -0.253 e. The van der Waals surface area contributed by atoms with Gasteiger partial charge in [0.05, 0.1) is 0 Å². The highest BCUT2D eigenvalue weighted by Crippen LogP contribution is 2.35. The van der Waals surface area contributed by atoms with Gasteiger partial charge in [0.15, 0.2) is 0 Å². The molecule has 2 nitrogen and oxygen atoms in total. The fourth-order valence-electron chi connectivity index (χ4n) is 3.33. The molecule has 118 valence electrons. The summed E-state index contributed by atoms with van der Waals surface area (Å²) in [5.41, 5.74) is 7.64. The van der Waals surface area contributed by atoms with Gasteiger partial charge in [-0.15, -0.1) is 0 Å². The molecule has 1 aromatic carbocycles. The highest BCUT2D eigenvalue weighted by molar-refractivity contribution is 5.43. The Balaban J connectivity index is 2.53. The molecule has 0 spiro atoms. The van der Waals surface area contributed by atoms with Crippen LogP contribution < -0.4 is 5.43 Å². The van der Waals surface area contributed by atoms with Crippen molar-refractivity contribution in [1.82, 2.24) is 10.4 Å².